The zero-order valence-corrected chi connectivity index (χ0v) is 14.5. The molecule has 2 amide bonds. The summed E-state index contributed by atoms with van der Waals surface area (Å²) in [5.74, 6) is -14.3. The van der Waals surface area contributed by atoms with Crippen LogP contribution in [0.5, 0.6) is 0 Å². The second kappa shape index (κ2) is 9.75. The first-order valence-corrected chi connectivity index (χ1v) is 8.28. The fraction of sp³-hybridized carbons (Fsp3) is 0.500. The molecule has 28 heavy (non-hydrogen) atoms. The van der Waals surface area contributed by atoms with E-state index >= 15 is 0 Å². The van der Waals surface area contributed by atoms with E-state index in [1.165, 1.54) is 0 Å². The van der Waals surface area contributed by atoms with Gasteiger partial charge in [-0.1, -0.05) is 0 Å². The van der Waals surface area contributed by atoms with Crippen molar-refractivity contribution in [3.05, 3.63) is 34.6 Å². The molecule has 0 aliphatic carbocycles. The maximum atomic E-state index is 13.7. The molecule has 0 aromatic heterocycles. The number of halogens is 5. The minimum atomic E-state index is -2.41. The van der Waals surface area contributed by atoms with Crippen LogP contribution in [0, 0.1) is 29.1 Å². The van der Waals surface area contributed by atoms with Crippen molar-refractivity contribution in [2.75, 3.05) is 46.0 Å². The van der Waals surface area contributed by atoms with Crippen LogP contribution in [0.2, 0.25) is 0 Å². The Labute approximate surface area is 156 Å². The molecule has 1 aromatic carbocycles. The Hall–Kier alpha value is -2.31. The first kappa shape index (κ1) is 22.0. The molecule has 1 aromatic rings. The number of ether oxygens (including phenoxy) is 1. The Morgan fingerprint density at radius 1 is 1.00 bits per heavy atom. The molecule has 1 fully saturated rings. The summed E-state index contributed by atoms with van der Waals surface area (Å²) in [6.45, 7) is 2.07. The number of carbonyl (C=O) groups is 2. The van der Waals surface area contributed by atoms with Crippen molar-refractivity contribution < 1.29 is 41.4 Å². The van der Waals surface area contributed by atoms with Crippen molar-refractivity contribution in [2.45, 2.75) is 6.04 Å². The van der Waals surface area contributed by atoms with E-state index in [2.05, 4.69) is 5.32 Å². The summed E-state index contributed by atoms with van der Waals surface area (Å²) in [6.07, 6.45) is 0. The molecule has 12 heteroatoms. The molecule has 3 N–H and O–H groups in total. The molecule has 1 atom stereocenters. The van der Waals surface area contributed by atoms with Crippen LogP contribution in [-0.2, 0) is 9.53 Å². The van der Waals surface area contributed by atoms with Crippen molar-refractivity contribution in [1.82, 2.24) is 15.5 Å². The highest BCUT2D eigenvalue weighted by Crippen LogP contribution is 2.23. The zero-order valence-electron chi connectivity index (χ0n) is 14.5. The molecule has 7 nitrogen and oxygen atoms in total. The van der Waals surface area contributed by atoms with Crippen LogP contribution in [0.25, 0.3) is 0 Å². The first-order valence-electron chi connectivity index (χ1n) is 8.28. The summed E-state index contributed by atoms with van der Waals surface area (Å²) in [4.78, 5) is 25.9. The molecular formula is C16H18F5N3O4. The maximum Gasteiger partial charge on any atom is 0.258 e. The van der Waals surface area contributed by atoms with Crippen molar-refractivity contribution >= 4 is 11.8 Å². The van der Waals surface area contributed by atoms with Crippen molar-refractivity contribution in [3.63, 3.8) is 0 Å². The van der Waals surface area contributed by atoms with Gasteiger partial charge >= 0.3 is 0 Å². The van der Waals surface area contributed by atoms with Crippen LogP contribution in [0.1, 0.15) is 10.4 Å². The number of rotatable bonds is 7. The van der Waals surface area contributed by atoms with Gasteiger partial charge in [0.2, 0.25) is 11.7 Å². The molecule has 1 aliphatic heterocycles. The van der Waals surface area contributed by atoms with Gasteiger partial charge in [0.05, 0.1) is 19.8 Å². The Bertz CT molecular complexity index is 714. The van der Waals surface area contributed by atoms with Gasteiger partial charge < -0.3 is 20.5 Å². The fourth-order valence-corrected chi connectivity index (χ4v) is 2.51. The van der Waals surface area contributed by atoms with E-state index < -0.39 is 59.1 Å². The van der Waals surface area contributed by atoms with Crippen molar-refractivity contribution in [3.8, 4) is 0 Å². The second-order valence-electron chi connectivity index (χ2n) is 5.90. The summed E-state index contributed by atoms with van der Waals surface area (Å²) >= 11 is 0. The number of nitrogens with one attached hydrogen (secondary N) is 2. The van der Waals surface area contributed by atoms with Gasteiger partial charge in [0.15, 0.2) is 23.3 Å². The van der Waals surface area contributed by atoms with Crippen molar-refractivity contribution in [1.29, 1.82) is 0 Å². The SMILES string of the molecule is O=C(N[C@@H](CO)C(=O)NCCN1CCOCC1)c1c(F)c(F)c(F)c(F)c1F. The van der Waals surface area contributed by atoms with E-state index in [4.69, 9.17) is 4.74 Å². The molecule has 0 bridgehead atoms. The van der Waals surface area contributed by atoms with Gasteiger partial charge in [-0.15, -0.1) is 0 Å². The van der Waals surface area contributed by atoms with E-state index in [0.717, 1.165) is 0 Å². The van der Waals surface area contributed by atoms with Crippen LogP contribution in [0.3, 0.4) is 0 Å². The lowest BCUT2D eigenvalue weighted by Gasteiger charge is -2.26. The van der Waals surface area contributed by atoms with E-state index in [1.54, 1.807) is 5.32 Å². The molecule has 0 spiro atoms. The monoisotopic (exact) mass is 411 g/mol. The lowest BCUT2D eigenvalue weighted by Crippen LogP contribution is -2.51. The summed E-state index contributed by atoms with van der Waals surface area (Å²) in [5.41, 5.74) is -1.74. The molecular weight excluding hydrogens is 393 g/mol. The Balaban J connectivity index is 2.00. The zero-order chi connectivity index (χ0) is 20.8. The maximum absolute atomic E-state index is 13.7. The Morgan fingerprint density at radius 2 is 1.54 bits per heavy atom. The van der Waals surface area contributed by atoms with Gasteiger partial charge in [0.1, 0.15) is 11.6 Å². The number of hydrogen-bond acceptors (Lipinski definition) is 5. The largest absolute Gasteiger partial charge is 0.394 e. The third kappa shape index (κ3) is 4.94. The second-order valence-corrected chi connectivity index (χ2v) is 5.90. The summed E-state index contributed by atoms with van der Waals surface area (Å²) < 4.78 is 71.9. The molecule has 0 saturated carbocycles. The predicted molar refractivity (Wildman–Crippen MR) is 84.8 cm³/mol. The van der Waals surface area contributed by atoms with Crippen LogP contribution in [0.4, 0.5) is 22.0 Å². The molecule has 1 saturated heterocycles. The quantitative estimate of drug-likeness (QED) is 0.332. The summed E-state index contributed by atoms with van der Waals surface area (Å²) in [7, 11) is 0. The fourth-order valence-electron chi connectivity index (χ4n) is 2.51. The number of carbonyl (C=O) groups excluding carboxylic acids is 2. The number of aliphatic hydroxyl groups is 1. The third-order valence-corrected chi connectivity index (χ3v) is 4.07. The lowest BCUT2D eigenvalue weighted by atomic mass is 10.1. The van der Waals surface area contributed by atoms with Gasteiger partial charge in [-0.05, 0) is 0 Å². The van der Waals surface area contributed by atoms with Gasteiger partial charge in [-0.3, -0.25) is 14.5 Å². The van der Waals surface area contributed by atoms with Gasteiger partial charge in [0, 0.05) is 26.2 Å². The molecule has 1 heterocycles. The first-order chi connectivity index (χ1) is 13.3. The average Bonchev–Trinajstić information content (AvgIpc) is 2.69. The topological polar surface area (TPSA) is 90.9 Å². The Morgan fingerprint density at radius 3 is 2.07 bits per heavy atom. The predicted octanol–water partition coefficient (Wildman–Crippen LogP) is -0.0788. The normalized spacial score (nSPS) is 15.9. The van der Waals surface area contributed by atoms with Crippen LogP contribution in [0.15, 0.2) is 0 Å². The molecule has 0 radical (unpaired) electrons. The van der Waals surface area contributed by atoms with E-state index in [1.807, 2.05) is 4.90 Å². The Kier molecular flexibility index (Phi) is 7.66. The van der Waals surface area contributed by atoms with Gasteiger partial charge in [-0.25, -0.2) is 22.0 Å². The van der Waals surface area contributed by atoms with E-state index in [0.29, 0.717) is 32.8 Å². The van der Waals surface area contributed by atoms with E-state index in [9.17, 15) is 36.6 Å². The standard InChI is InChI=1S/C16H18F5N3O4/c17-10-9(11(18)13(20)14(21)12(10)19)16(27)23-8(7-25)15(26)22-1-2-24-3-5-28-6-4-24/h8,25H,1-7H2,(H,22,26)(H,23,27)/t8-/m0/s1. The third-order valence-electron chi connectivity index (χ3n) is 4.07. The number of hydrogen-bond donors (Lipinski definition) is 3. The van der Waals surface area contributed by atoms with Crippen LogP contribution in [-0.4, -0.2) is 73.9 Å². The van der Waals surface area contributed by atoms with Crippen LogP contribution >= 0.6 is 0 Å². The molecule has 1 aliphatic rings. The average molecular weight is 411 g/mol. The highest BCUT2D eigenvalue weighted by molar-refractivity contribution is 5.98. The van der Waals surface area contributed by atoms with Gasteiger partial charge in [0.25, 0.3) is 5.91 Å². The number of morpholine rings is 1. The molecule has 0 unspecified atom stereocenters. The number of aliphatic hydroxyl groups excluding tert-OH is 1. The highest BCUT2D eigenvalue weighted by atomic mass is 19.2. The lowest BCUT2D eigenvalue weighted by molar-refractivity contribution is -0.123. The van der Waals surface area contributed by atoms with E-state index in [-0.39, 0.29) is 6.54 Å². The minimum Gasteiger partial charge on any atom is -0.394 e. The van der Waals surface area contributed by atoms with Crippen molar-refractivity contribution in [2.24, 2.45) is 0 Å². The van der Waals surface area contributed by atoms with Crippen LogP contribution < -0.4 is 10.6 Å². The summed E-state index contributed by atoms with van der Waals surface area (Å²) in [6, 6.07) is -1.65. The minimum absolute atomic E-state index is 0.147. The molecule has 156 valence electrons. The number of benzene rings is 1. The molecule has 2 rings (SSSR count). The highest BCUT2D eigenvalue weighted by Gasteiger charge is 2.31. The number of amides is 2. The smallest absolute Gasteiger partial charge is 0.258 e. The van der Waals surface area contributed by atoms with Gasteiger partial charge in [-0.2, -0.15) is 0 Å². The number of nitrogens with zero attached hydrogens (tertiary/aromatic N) is 1. The summed E-state index contributed by atoms with van der Waals surface area (Å²) in [5, 5.41) is 13.4.